The maximum absolute atomic E-state index is 13.9. The molecule has 3 aliphatic rings. The number of carbonyl (C=O) groups is 5. The van der Waals surface area contributed by atoms with E-state index in [1.807, 2.05) is 36.6 Å². The van der Waals surface area contributed by atoms with Crippen LogP contribution in [0.5, 0.6) is 23.0 Å². The third-order valence-electron chi connectivity index (χ3n) is 11.8. The van der Waals surface area contributed by atoms with Crippen LogP contribution in [-0.4, -0.2) is 92.7 Å². The molecule has 7 rings (SSSR count). The van der Waals surface area contributed by atoms with Crippen molar-refractivity contribution in [1.82, 2.24) is 20.4 Å². The smallest absolute Gasteiger partial charge is 0.265 e. The lowest BCUT2D eigenvalue weighted by Crippen LogP contribution is -2.52. The number of thiophene rings is 1. The second-order valence-corrected chi connectivity index (χ2v) is 19.6. The van der Waals surface area contributed by atoms with Crippen molar-refractivity contribution < 1.29 is 51.3 Å². The van der Waals surface area contributed by atoms with Gasteiger partial charge in [0, 0.05) is 41.6 Å². The van der Waals surface area contributed by atoms with Crippen molar-refractivity contribution in [3.05, 3.63) is 104 Å². The number of nitrogens with zero attached hydrogens (tertiary/aromatic N) is 2. The molecule has 5 amide bonds. The molecular weight excluding hydrogens is 873 g/mol. The van der Waals surface area contributed by atoms with Crippen molar-refractivity contribution in [2.24, 2.45) is 0 Å². The minimum atomic E-state index is -3.63. The van der Waals surface area contributed by atoms with Crippen LogP contribution >= 0.6 is 11.3 Å². The lowest BCUT2D eigenvalue weighted by molar-refractivity contribution is -0.136. The maximum atomic E-state index is 13.9. The molecule has 17 heteroatoms. The number of hydrogen-bond acceptors (Lipinski definition) is 13. The maximum Gasteiger partial charge on any atom is 0.265 e. The standard InChI is InChI=1S/C48H56N4O11S2/c1-4-61-41-25-32(17-21-39(41)60-2)38(30-65(3,58)59)52-47(56)34-13-12-14-40(44(34)48(52)57)62-24-11-9-7-5-6-8-10-23-49-26-31-15-18-33(19-16-31)63-28-42-35-27-51(46(55)36(35)29-64-42)37-20-22-43(53)50-45(37)54/h12-19,21,25,29,37-38,49H,4-11,20,22-24,26-28,30H2,1-3H3,(H,50,53,54)/t37?,38-/m1/s1. The molecule has 0 aliphatic carbocycles. The molecule has 15 nitrogen and oxygen atoms in total. The summed E-state index contributed by atoms with van der Waals surface area (Å²) < 4.78 is 48.4. The fourth-order valence-electron chi connectivity index (χ4n) is 8.48. The van der Waals surface area contributed by atoms with Gasteiger partial charge in [-0.3, -0.25) is 34.2 Å². The molecule has 4 heterocycles. The highest BCUT2D eigenvalue weighted by atomic mass is 32.2. The molecule has 1 saturated heterocycles. The second-order valence-electron chi connectivity index (χ2n) is 16.5. The minimum Gasteiger partial charge on any atom is -0.493 e. The van der Waals surface area contributed by atoms with E-state index in [4.69, 9.17) is 18.9 Å². The summed E-state index contributed by atoms with van der Waals surface area (Å²) >= 11 is 1.48. The van der Waals surface area contributed by atoms with Gasteiger partial charge in [0.15, 0.2) is 11.5 Å². The lowest BCUT2D eigenvalue weighted by atomic mass is 10.0. The van der Waals surface area contributed by atoms with Crippen LogP contribution in [0.2, 0.25) is 0 Å². The van der Waals surface area contributed by atoms with Gasteiger partial charge in [-0.05, 0) is 80.3 Å². The second kappa shape index (κ2) is 21.5. The Hall–Kier alpha value is -5.78. The highest BCUT2D eigenvalue weighted by molar-refractivity contribution is 7.90. The Balaban J connectivity index is 0.775. The average molecular weight is 929 g/mol. The Morgan fingerprint density at radius 2 is 1.58 bits per heavy atom. The number of amides is 5. The summed E-state index contributed by atoms with van der Waals surface area (Å²) in [7, 11) is -2.13. The van der Waals surface area contributed by atoms with Gasteiger partial charge in [0.25, 0.3) is 17.7 Å². The van der Waals surface area contributed by atoms with E-state index in [-0.39, 0.29) is 29.4 Å². The number of ether oxygens (including phenoxy) is 4. The number of carbonyl (C=O) groups excluding carboxylic acids is 5. The monoisotopic (exact) mass is 928 g/mol. The lowest BCUT2D eigenvalue weighted by Gasteiger charge is -2.29. The molecule has 2 atom stereocenters. The quantitative estimate of drug-likeness (QED) is 0.0555. The van der Waals surface area contributed by atoms with Crippen LogP contribution in [0.25, 0.3) is 0 Å². The molecule has 4 aromatic rings. The van der Waals surface area contributed by atoms with Crippen molar-refractivity contribution in [3.63, 3.8) is 0 Å². The zero-order valence-electron chi connectivity index (χ0n) is 37.0. The highest BCUT2D eigenvalue weighted by Gasteiger charge is 2.44. The minimum absolute atomic E-state index is 0.144. The Morgan fingerprint density at radius 1 is 0.831 bits per heavy atom. The Bertz CT molecular complexity index is 2510. The number of unbranched alkanes of at least 4 members (excludes halogenated alkanes) is 6. The molecule has 1 aromatic heterocycles. The van der Waals surface area contributed by atoms with Gasteiger partial charge in [-0.1, -0.05) is 56.4 Å². The van der Waals surface area contributed by atoms with Gasteiger partial charge in [0.05, 0.1) is 48.8 Å². The van der Waals surface area contributed by atoms with Crippen molar-refractivity contribution in [3.8, 4) is 23.0 Å². The van der Waals surface area contributed by atoms with Crippen LogP contribution in [0.15, 0.2) is 66.0 Å². The van der Waals surface area contributed by atoms with E-state index in [1.54, 1.807) is 41.3 Å². The summed E-state index contributed by atoms with van der Waals surface area (Å²) in [6.07, 6.45) is 8.84. The predicted octanol–water partition coefficient (Wildman–Crippen LogP) is 6.78. The van der Waals surface area contributed by atoms with Crippen LogP contribution in [0.4, 0.5) is 0 Å². The van der Waals surface area contributed by atoms with E-state index >= 15 is 0 Å². The van der Waals surface area contributed by atoms with E-state index in [0.29, 0.717) is 61.2 Å². The third kappa shape index (κ3) is 11.4. The number of imide groups is 2. The van der Waals surface area contributed by atoms with E-state index in [0.717, 1.165) is 90.9 Å². The molecule has 2 N–H and O–H groups in total. The van der Waals surface area contributed by atoms with Crippen LogP contribution < -0.4 is 29.6 Å². The van der Waals surface area contributed by atoms with E-state index in [2.05, 4.69) is 10.6 Å². The number of fused-ring (bicyclic) bond motifs is 2. The molecule has 3 aliphatic heterocycles. The number of rotatable bonds is 24. The van der Waals surface area contributed by atoms with Crippen molar-refractivity contribution in [2.75, 3.05) is 38.9 Å². The van der Waals surface area contributed by atoms with Gasteiger partial charge in [0.2, 0.25) is 11.8 Å². The van der Waals surface area contributed by atoms with Crippen LogP contribution in [0.3, 0.4) is 0 Å². The van der Waals surface area contributed by atoms with Gasteiger partial charge < -0.3 is 29.2 Å². The number of hydrogen-bond donors (Lipinski definition) is 2. The number of piperidine rings is 1. The Morgan fingerprint density at radius 3 is 2.31 bits per heavy atom. The molecule has 65 heavy (non-hydrogen) atoms. The molecule has 1 fully saturated rings. The molecular formula is C48H56N4O11S2. The van der Waals surface area contributed by atoms with E-state index in [9.17, 15) is 32.4 Å². The summed E-state index contributed by atoms with van der Waals surface area (Å²) in [4.78, 5) is 68.2. The molecule has 0 spiro atoms. The van der Waals surface area contributed by atoms with Crippen LogP contribution in [0, 0.1) is 0 Å². The number of nitrogens with one attached hydrogen (secondary N) is 2. The number of benzene rings is 3. The van der Waals surface area contributed by atoms with Crippen molar-refractivity contribution >= 4 is 50.7 Å². The van der Waals surface area contributed by atoms with Crippen molar-refractivity contribution in [2.45, 2.75) is 96.5 Å². The summed E-state index contributed by atoms with van der Waals surface area (Å²) in [5, 5.41) is 7.68. The third-order valence-corrected chi connectivity index (χ3v) is 13.7. The zero-order chi connectivity index (χ0) is 46.1. The molecule has 0 saturated carbocycles. The van der Waals surface area contributed by atoms with Crippen LogP contribution in [0.1, 0.15) is 123 Å². The predicted molar refractivity (Wildman–Crippen MR) is 244 cm³/mol. The van der Waals surface area contributed by atoms with Gasteiger partial charge in [-0.15, -0.1) is 11.3 Å². The first kappa shape index (κ1) is 47.2. The highest BCUT2D eigenvalue weighted by Crippen LogP contribution is 2.40. The van der Waals surface area contributed by atoms with E-state index < -0.39 is 45.4 Å². The van der Waals surface area contributed by atoms with Gasteiger partial charge in [-0.25, -0.2) is 8.42 Å². The summed E-state index contributed by atoms with van der Waals surface area (Å²) in [6, 6.07) is 16.0. The fraction of sp³-hybridized carbons (Fsp3) is 0.438. The first-order chi connectivity index (χ1) is 31.4. The first-order valence-corrected chi connectivity index (χ1v) is 25.1. The van der Waals surface area contributed by atoms with Crippen LogP contribution in [-0.2, 0) is 39.1 Å². The van der Waals surface area contributed by atoms with Crippen molar-refractivity contribution in [1.29, 1.82) is 0 Å². The van der Waals surface area contributed by atoms with Gasteiger partial charge in [-0.2, -0.15) is 0 Å². The normalized spacial score (nSPS) is 16.4. The SMILES string of the molecule is CCOc1cc([C@@H](CS(C)(=O)=O)N2C(=O)c3cccc(OCCCCCCCCCNCc4ccc(OCc5scc6c5CN(C5CCC(=O)NC5=O)C6=O)cc4)c3C2=O)ccc1OC. The van der Waals surface area contributed by atoms with Gasteiger partial charge in [0.1, 0.15) is 34.0 Å². The fourth-order valence-corrected chi connectivity index (χ4v) is 10.3. The summed E-state index contributed by atoms with van der Waals surface area (Å²) in [6.45, 7) is 4.85. The molecule has 3 aromatic carbocycles. The number of sulfone groups is 1. The molecule has 0 radical (unpaired) electrons. The Kier molecular flexibility index (Phi) is 15.6. The van der Waals surface area contributed by atoms with E-state index in [1.165, 1.54) is 18.4 Å². The molecule has 0 bridgehead atoms. The Labute approximate surface area is 383 Å². The number of methoxy groups -OCH3 is 1. The topological polar surface area (TPSA) is 187 Å². The van der Waals surface area contributed by atoms with Gasteiger partial charge >= 0.3 is 0 Å². The average Bonchev–Trinajstić information content (AvgIpc) is 3.92. The molecule has 346 valence electrons. The summed E-state index contributed by atoms with van der Waals surface area (Å²) in [5.41, 5.74) is 3.40. The molecule has 1 unspecified atom stereocenters. The summed E-state index contributed by atoms with van der Waals surface area (Å²) in [5.74, 6) is -0.660. The first-order valence-electron chi connectivity index (χ1n) is 22.1. The zero-order valence-corrected chi connectivity index (χ0v) is 38.7. The largest absolute Gasteiger partial charge is 0.493 e.